The van der Waals surface area contributed by atoms with Gasteiger partial charge in [0, 0.05) is 18.8 Å². The molecule has 5 heteroatoms. The molecule has 0 aromatic carbocycles. The Morgan fingerprint density at radius 1 is 1.62 bits per heavy atom. The molecule has 0 radical (unpaired) electrons. The number of rotatable bonds is 4. The van der Waals surface area contributed by atoms with Crippen LogP contribution in [0.15, 0.2) is 0 Å². The lowest BCUT2D eigenvalue weighted by Crippen LogP contribution is -2.28. The van der Waals surface area contributed by atoms with Crippen molar-refractivity contribution >= 4 is 5.91 Å². The number of epoxide rings is 1. The molecule has 5 nitrogen and oxygen atoms in total. The van der Waals surface area contributed by atoms with E-state index in [9.17, 15) is 4.79 Å². The third kappa shape index (κ3) is 2.09. The number of aryl methyl sites for hydroxylation is 2. The maximum absolute atomic E-state index is 11.9. The highest BCUT2D eigenvalue weighted by Crippen LogP contribution is 2.13. The lowest BCUT2D eigenvalue weighted by atomic mass is 10.2. The Kier molecular flexibility index (Phi) is 2.96. The Hall–Kier alpha value is -1.36. The summed E-state index contributed by atoms with van der Waals surface area (Å²) in [5.41, 5.74) is 2.41. The van der Waals surface area contributed by atoms with Crippen molar-refractivity contribution in [3.63, 3.8) is 0 Å². The minimum atomic E-state index is -0.0507. The number of hydrogen-bond acceptors (Lipinski definition) is 3. The van der Waals surface area contributed by atoms with E-state index in [1.807, 2.05) is 25.5 Å². The number of ether oxygens (including phenoxy) is 1. The van der Waals surface area contributed by atoms with Crippen LogP contribution >= 0.6 is 0 Å². The molecular weight excluding hydrogens is 206 g/mol. The highest BCUT2D eigenvalue weighted by atomic mass is 16.6. The smallest absolute Gasteiger partial charge is 0.255 e. The van der Waals surface area contributed by atoms with Crippen LogP contribution in [0.1, 0.15) is 28.7 Å². The Balaban J connectivity index is 2.11. The minimum Gasteiger partial charge on any atom is -0.371 e. The Labute approximate surface area is 94.8 Å². The van der Waals surface area contributed by atoms with Crippen LogP contribution in [0.3, 0.4) is 0 Å². The van der Waals surface area contributed by atoms with E-state index < -0.39 is 0 Å². The number of aromatic nitrogens is 2. The lowest BCUT2D eigenvalue weighted by molar-refractivity contribution is 0.0949. The summed E-state index contributed by atoms with van der Waals surface area (Å²) in [6.45, 7) is 7.93. The molecule has 0 aliphatic carbocycles. The normalized spacial score (nSPS) is 18.6. The van der Waals surface area contributed by atoms with Crippen molar-refractivity contribution in [3.05, 3.63) is 17.0 Å². The molecule has 1 aromatic rings. The van der Waals surface area contributed by atoms with Gasteiger partial charge in [0.15, 0.2) is 0 Å². The SMILES string of the molecule is CCn1nc(C)c(C(=O)NCC2CO2)c1C. The van der Waals surface area contributed by atoms with Gasteiger partial charge in [0.1, 0.15) is 0 Å². The summed E-state index contributed by atoms with van der Waals surface area (Å²) < 4.78 is 6.89. The molecule has 1 atom stereocenters. The van der Waals surface area contributed by atoms with Gasteiger partial charge in [-0.15, -0.1) is 0 Å². The van der Waals surface area contributed by atoms with Gasteiger partial charge in [-0.25, -0.2) is 0 Å². The van der Waals surface area contributed by atoms with Gasteiger partial charge in [-0.2, -0.15) is 5.10 Å². The van der Waals surface area contributed by atoms with Gasteiger partial charge in [0.05, 0.1) is 24.0 Å². The average Bonchev–Trinajstić information content (AvgIpc) is 3.02. The maximum Gasteiger partial charge on any atom is 0.255 e. The van der Waals surface area contributed by atoms with Crippen LogP contribution in [0, 0.1) is 13.8 Å². The second-order valence-electron chi connectivity index (χ2n) is 4.03. The summed E-state index contributed by atoms with van der Waals surface area (Å²) in [6, 6.07) is 0. The number of amides is 1. The van der Waals surface area contributed by atoms with Crippen LogP contribution in [-0.4, -0.2) is 34.9 Å². The summed E-state index contributed by atoms with van der Waals surface area (Å²) in [5, 5.41) is 7.18. The molecule has 1 aromatic heterocycles. The fourth-order valence-corrected chi connectivity index (χ4v) is 1.81. The standard InChI is InChI=1S/C11H17N3O2/c1-4-14-8(3)10(7(2)13-14)11(15)12-5-9-6-16-9/h9H,4-6H2,1-3H3,(H,12,15). The molecule has 1 N–H and O–H groups in total. The average molecular weight is 223 g/mol. The summed E-state index contributed by atoms with van der Waals surface area (Å²) in [7, 11) is 0. The molecule has 0 saturated carbocycles. The van der Waals surface area contributed by atoms with Crippen molar-refractivity contribution in [2.24, 2.45) is 0 Å². The molecule has 2 rings (SSSR count). The first-order valence-corrected chi connectivity index (χ1v) is 5.57. The fraction of sp³-hybridized carbons (Fsp3) is 0.636. The van der Waals surface area contributed by atoms with Crippen molar-refractivity contribution in [2.75, 3.05) is 13.2 Å². The van der Waals surface area contributed by atoms with Gasteiger partial charge in [-0.05, 0) is 20.8 Å². The maximum atomic E-state index is 11.9. The van der Waals surface area contributed by atoms with Crippen LogP contribution in [0.25, 0.3) is 0 Å². The molecule has 16 heavy (non-hydrogen) atoms. The number of carbonyl (C=O) groups excluding carboxylic acids is 1. The quantitative estimate of drug-likeness (QED) is 0.762. The van der Waals surface area contributed by atoms with Crippen molar-refractivity contribution in [1.29, 1.82) is 0 Å². The summed E-state index contributed by atoms with van der Waals surface area (Å²) in [6.07, 6.45) is 0.214. The number of nitrogens with zero attached hydrogens (tertiary/aromatic N) is 2. The highest BCUT2D eigenvalue weighted by Gasteiger charge is 2.24. The van der Waals surface area contributed by atoms with Crippen LogP contribution in [0.2, 0.25) is 0 Å². The van der Waals surface area contributed by atoms with E-state index in [1.54, 1.807) is 0 Å². The van der Waals surface area contributed by atoms with Crippen LogP contribution < -0.4 is 5.32 Å². The number of nitrogens with one attached hydrogen (secondary N) is 1. The monoisotopic (exact) mass is 223 g/mol. The Bertz CT molecular complexity index is 408. The number of hydrogen-bond donors (Lipinski definition) is 1. The van der Waals surface area contributed by atoms with E-state index in [2.05, 4.69) is 10.4 Å². The summed E-state index contributed by atoms with van der Waals surface area (Å²) in [4.78, 5) is 11.9. The van der Waals surface area contributed by atoms with Crippen LogP contribution in [0.5, 0.6) is 0 Å². The third-order valence-corrected chi connectivity index (χ3v) is 2.80. The first-order chi connectivity index (χ1) is 7.63. The zero-order valence-electron chi connectivity index (χ0n) is 9.91. The lowest BCUT2D eigenvalue weighted by Gasteiger charge is -2.04. The Morgan fingerprint density at radius 3 is 2.81 bits per heavy atom. The van der Waals surface area contributed by atoms with Gasteiger partial charge in [-0.1, -0.05) is 0 Å². The molecule has 88 valence electrons. The molecule has 1 aliphatic heterocycles. The van der Waals surface area contributed by atoms with Gasteiger partial charge >= 0.3 is 0 Å². The molecule has 1 aliphatic rings. The van der Waals surface area contributed by atoms with E-state index >= 15 is 0 Å². The predicted octanol–water partition coefficient (Wildman–Crippen LogP) is 0.648. The molecule has 1 saturated heterocycles. The van der Waals surface area contributed by atoms with Gasteiger partial charge in [0.2, 0.25) is 0 Å². The van der Waals surface area contributed by atoms with Crippen molar-refractivity contribution in [2.45, 2.75) is 33.4 Å². The first kappa shape index (κ1) is 11.1. The van der Waals surface area contributed by atoms with E-state index in [-0.39, 0.29) is 12.0 Å². The number of carbonyl (C=O) groups is 1. The van der Waals surface area contributed by atoms with Crippen LogP contribution in [-0.2, 0) is 11.3 Å². The summed E-state index contributed by atoms with van der Waals surface area (Å²) in [5.74, 6) is -0.0507. The molecular formula is C11H17N3O2. The zero-order chi connectivity index (χ0) is 11.7. The molecule has 2 heterocycles. The largest absolute Gasteiger partial charge is 0.371 e. The third-order valence-electron chi connectivity index (χ3n) is 2.80. The van der Waals surface area contributed by atoms with Crippen molar-refractivity contribution in [1.82, 2.24) is 15.1 Å². The van der Waals surface area contributed by atoms with Crippen molar-refractivity contribution in [3.8, 4) is 0 Å². The minimum absolute atomic E-state index is 0.0507. The molecule has 1 fully saturated rings. The summed E-state index contributed by atoms with van der Waals surface area (Å²) >= 11 is 0. The van der Waals surface area contributed by atoms with E-state index in [0.717, 1.165) is 24.5 Å². The van der Waals surface area contributed by atoms with Gasteiger partial charge in [0.25, 0.3) is 5.91 Å². The molecule has 0 spiro atoms. The van der Waals surface area contributed by atoms with Crippen molar-refractivity contribution < 1.29 is 9.53 Å². The highest BCUT2D eigenvalue weighted by molar-refractivity contribution is 5.96. The van der Waals surface area contributed by atoms with E-state index in [1.165, 1.54) is 0 Å². The second-order valence-corrected chi connectivity index (χ2v) is 4.03. The predicted molar refractivity (Wildman–Crippen MR) is 59.4 cm³/mol. The van der Waals surface area contributed by atoms with E-state index in [4.69, 9.17) is 4.74 Å². The van der Waals surface area contributed by atoms with E-state index in [0.29, 0.717) is 12.1 Å². The second kappa shape index (κ2) is 4.25. The zero-order valence-corrected chi connectivity index (χ0v) is 9.91. The molecule has 1 unspecified atom stereocenters. The Morgan fingerprint density at radius 2 is 2.31 bits per heavy atom. The first-order valence-electron chi connectivity index (χ1n) is 5.57. The topological polar surface area (TPSA) is 59.5 Å². The van der Waals surface area contributed by atoms with Crippen LogP contribution in [0.4, 0.5) is 0 Å². The van der Waals surface area contributed by atoms with Gasteiger partial charge in [-0.3, -0.25) is 9.48 Å². The molecule has 1 amide bonds. The fourth-order valence-electron chi connectivity index (χ4n) is 1.81. The molecule has 0 bridgehead atoms. The van der Waals surface area contributed by atoms with Gasteiger partial charge < -0.3 is 10.1 Å².